The molecule has 3 aromatic rings. The van der Waals surface area contributed by atoms with Gasteiger partial charge in [-0.2, -0.15) is 0 Å². The molecule has 3 aromatic heterocycles. The van der Waals surface area contributed by atoms with Gasteiger partial charge in [0.1, 0.15) is 23.7 Å². The van der Waals surface area contributed by atoms with Gasteiger partial charge in [0.2, 0.25) is 0 Å². The van der Waals surface area contributed by atoms with E-state index in [4.69, 9.17) is 16.3 Å². The van der Waals surface area contributed by atoms with Crippen molar-refractivity contribution in [2.45, 2.75) is 6.61 Å². The molecule has 3 heterocycles. The van der Waals surface area contributed by atoms with Crippen molar-refractivity contribution in [2.75, 3.05) is 0 Å². The largest absolute Gasteiger partial charge is 0.456 e. The Labute approximate surface area is 132 Å². The fourth-order valence-corrected chi connectivity index (χ4v) is 2.48. The lowest BCUT2D eigenvalue weighted by Gasteiger charge is -2.06. The SMILES string of the molecule is O=C(OCc1cccnc1Cl)c1ncnc2[nH]cc(Br)c12. The Morgan fingerprint density at radius 2 is 2.24 bits per heavy atom. The number of nitrogens with one attached hydrogen (secondary N) is 1. The predicted molar refractivity (Wildman–Crippen MR) is 80.0 cm³/mol. The first-order chi connectivity index (χ1) is 10.2. The standard InChI is InChI=1S/C13H8BrClN4O2/c14-8-4-17-12-9(8)10(18-6-19-12)13(20)21-5-7-2-1-3-16-11(7)15/h1-4,6H,5H2,(H,17,18,19). The van der Waals surface area contributed by atoms with Crippen LogP contribution in [0.25, 0.3) is 11.0 Å². The molecule has 0 spiro atoms. The Hall–Kier alpha value is -1.99. The van der Waals surface area contributed by atoms with Crippen LogP contribution in [0.4, 0.5) is 0 Å². The molecule has 106 valence electrons. The lowest BCUT2D eigenvalue weighted by Crippen LogP contribution is -2.09. The van der Waals surface area contributed by atoms with Crippen molar-refractivity contribution in [3.63, 3.8) is 0 Å². The summed E-state index contributed by atoms with van der Waals surface area (Å²) in [7, 11) is 0. The molecule has 0 bridgehead atoms. The van der Waals surface area contributed by atoms with Crippen LogP contribution in [0.1, 0.15) is 16.1 Å². The van der Waals surface area contributed by atoms with E-state index in [-0.39, 0.29) is 12.3 Å². The van der Waals surface area contributed by atoms with E-state index in [2.05, 4.69) is 35.9 Å². The number of fused-ring (bicyclic) bond motifs is 1. The molecule has 0 atom stereocenters. The van der Waals surface area contributed by atoms with Crippen molar-refractivity contribution >= 4 is 44.5 Å². The van der Waals surface area contributed by atoms with E-state index in [1.54, 1.807) is 24.5 Å². The van der Waals surface area contributed by atoms with Gasteiger partial charge in [-0.3, -0.25) is 0 Å². The summed E-state index contributed by atoms with van der Waals surface area (Å²) in [5.74, 6) is -0.553. The molecule has 0 aromatic carbocycles. The maximum atomic E-state index is 12.2. The highest BCUT2D eigenvalue weighted by molar-refractivity contribution is 9.10. The topological polar surface area (TPSA) is 80.8 Å². The maximum Gasteiger partial charge on any atom is 0.358 e. The number of pyridine rings is 1. The molecule has 0 aliphatic heterocycles. The number of ether oxygens (including phenoxy) is 1. The zero-order valence-electron chi connectivity index (χ0n) is 10.5. The number of hydrogen-bond acceptors (Lipinski definition) is 5. The molecule has 0 amide bonds. The molecule has 3 rings (SSSR count). The molecular formula is C13H8BrClN4O2. The van der Waals surface area contributed by atoms with Gasteiger partial charge in [-0.15, -0.1) is 0 Å². The number of aromatic amines is 1. The Balaban J connectivity index is 1.85. The first kappa shape index (κ1) is 14.0. The van der Waals surface area contributed by atoms with Crippen LogP contribution in [0.2, 0.25) is 5.15 Å². The third-order valence-corrected chi connectivity index (χ3v) is 3.78. The van der Waals surface area contributed by atoms with Crippen molar-refractivity contribution < 1.29 is 9.53 Å². The summed E-state index contributed by atoms with van der Waals surface area (Å²) in [6.45, 7) is 0.0268. The highest BCUT2D eigenvalue weighted by Crippen LogP contribution is 2.25. The van der Waals surface area contributed by atoms with E-state index in [0.717, 1.165) is 0 Å². The Bertz CT molecular complexity index is 821. The summed E-state index contributed by atoms with van der Waals surface area (Å²) in [5, 5.41) is 0.890. The van der Waals surface area contributed by atoms with Gasteiger partial charge >= 0.3 is 5.97 Å². The Morgan fingerprint density at radius 3 is 3.05 bits per heavy atom. The zero-order chi connectivity index (χ0) is 14.8. The fraction of sp³-hybridized carbons (Fsp3) is 0.0769. The quantitative estimate of drug-likeness (QED) is 0.568. The molecular weight excluding hydrogens is 360 g/mol. The molecule has 0 saturated heterocycles. The molecule has 0 unspecified atom stereocenters. The van der Waals surface area contributed by atoms with Crippen LogP contribution in [-0.2, 0) is 11.3 Å². The average Bonchev–Trinajstić information content (AvgIpc) is 2.88. The number of hydrogen-bond donors (Lipinski definition) is 1. The van der Waals surface area contributed by atoms with Gasteiger partial charge in [0.15, 0.2) is 5.69 Å². The average molecular weight is 368 g/mol. The molecule has 6 nitrogen and oxygen atoms in total. The number of carbonyl (C=O) groups excluding carboxylic acids is 1. The number of H-pyrrole nitrogens is 1. The van der Waals surface area contributed by atoms with Crippen molar-refractivity contribution in [1.82, 2.24) is 19.9 Å². The van der Waals surface area contributed by atoms with Crippen LogP contribution in [0.15, 0.2) is 35.3 Å². The number of rotatable bonds is 3. The number of aromatic nitrogens is 4. The van der Waals surface area contributed by atoms with Crippen molar-refractivity contribution in [3.05, 3.63) is 51.7 Å². The van der Waals surface area contributed by atoms with Gasteiger partial charge in [0.05, 0.1) is 5.39 Å². The second-order valence-electron chi connectivity index (χ2n) is 4.11. The minimum Gasteiger partial charge on any atom is -0.456 e. The highest BCUT2D eigenvalue weighted by atomic mass is 79.9. The third-order valence-electron chi connectivity index (χ3n) is 2.81. The van der Waals surface area contributed by atoms with Crippen LogP contribution >= 0.6 is 27.5 Å². The summed E-state index contributed by atoms with van der Waals surface area (Å²) in [4.78, 5) is 27.1. The molecule has 0 radical (unpaired) electrons. The maximum absolute atomic E-state index is 12.2. The van der Waals surface area contributed by atoms with Gasteiger partial charge in [0.25, 0.3) is 0 Å². The Kier molecular flexibility index (Phi) is 3.85. The molecule has 0 aliphatic rings. The Morgan fingerprint density at radius 1 is 1.38 bits per heavy atom. The van der Waals surface area contributed by atoms with Crippen LogP contribution in [-0.4, -0.2) is 25.9 Å². The minimum absolute atomic E-state index is 0.0268. The fourth-order valence-electron chi connectivity index (χ4n) is 1.82. The minimum atomic E-state index is -0.553. The monoisotopic (exact) mass is 366 g/mol. The second-order valence-corrected chi connectivity index (χ2v) is 5.32. The van der Waals surface area contributed by atoms with E-state index in [1.807, 2.05) is 0 Å². The molecule has 0 aliphatic carbocycles. The molecule has 0 saturated carbocycles. The van der Waals surface area contributed by atoms with E-state index >= 15 is 0 Å². The van der Waals surface area contributed by atoms with Crippen LogP contribution in [0.3, 0.4) is 0 Å². The normalized spacial score (nSPS) is 10.8. The van der Waals surface area contributed by atoms with E-state index in [1.165, 1.54) is 6.33 Å². The van der Waals surface area contributed by atoms with Crippen LogP contribution in [0.5, 0.6) is 0 Å². The van der Waals surface area contributed by atoms with Gasteiger partial charge < -0.3 is 9.72 Å². The first-order valence-electron chi connectivity index (χ1n) is 5.91. The summed E-state index contributed by atoms with van der Waals surface area (Å²) in [5.41, 5.74) is 1.38. The van der Waals surface area contributed by atoms with E-state index < -0.39 is 5.97 Å². The van der Waals surface area contributed by atoms with Gasteiger partial charge in [-0.05, 0) is 22.0 Å². The summed E-state index contributed by atoms with van der Waals surface area (Å²) < 4.78 is 5.94. The molecule has 21 heavy (non-hydrogen) atoms. The van der Waals surface area contributed by atoms with Gasteiger partial charge in [-0.1, -0.05) is 17.7 Å². The van der Waals surface area contributed by atoms with Crippen LogP contribution in [0, 0.1) is 0 Å². The van der Waals surface area contributed by atoms with Gasteiger partial charge in [0, 0.05) is 22.4 Å². The number of esters is 1. The predicted octanol–water partition coefficient (Wildman–Crippen LogP) is 3.13. The summed E-state index contributed by atoms with van der Waals surface area (Å²) >= 11 is 9.26. The zero-order valence-corrected chi connectivity index (χ0v) is 12.8. The smallest absolute Gasteiger partial charge is 0.358 e. The second kappa shape index (κ2) is 5.79. The van der Waals surface area contributed by atoms with E-state index in [9.17, 15) is 4.79 Å². The summed E-state index contributed by atoms with van der Waals surface area (Å²) in [6, 6.07) is 3.46. The highest BCUT2D eigenvalue weighted by Gasteiger charge is 2.18. The summed E-state index contributed by atoms with van der Waals surface area (Å²) in [6.07, 6.45) is 4.56. The van der Waals surface area contributed by atoms with Crippen molar-refractivity contribution in [2.24, 2.45) is 0 Å². The van der Waals surface area contributed by atoms with Gasteiger partial charge in [-0.25, -0.2) is 19.7 Å². The van der Waals surface area contributed by atoms with Crippen molar-refractivity contribution in [3.8, 4) is 0 Å². The molecule has 1 N–H and O–H groups in total. The first-order valence-corrected chi connectivity index (χ1v) is 7.08. The number of nitrogens with zero attached hydrogens (tertiary/aromatic N) is 3. The van der Waals surface area contributed by atoms with Crippen molar-refractivity contribution in [1.29, 1.82) is 0 Å². The molecule has 8 heteroatoms. The lowest BCUT2D eigenvalue weighted by atomic mass is 10.3. The van der Waals surface area contributed by atoms with E-state index in [0.29, 0.717) is 26.2 Å². The lowest BCUT2D eigenvalue weighted by molar-refractivity contribution is 0.0468. The number of halogens is 2. The number of carbonyl (C=O) groups is 1. The molecule has 0 fully saturated rings. The van der Waals surface area contributed by atoms with Crippen LogP contribution < -0.4 is 0 Å². The third kappa shape index (κ3) is 2.74.